The van der Waals surface area contributed by atoms with Crippen molar-refractivity contribution in [1.29, 1.82) is 0 Å². The SMILES string of the molecule is CCCCC#Cc1ccc(CN2CCN(C(=O)c3ccc(NS(=O)(=O)c4cccc5cccnc45)cc3)CC2)cc1. The van der Waals surface area contributed by atoms with Crippen LogP contribution in [0.4, 0.5) is 5.69 Å². The van der Waals surface area contributed by atoms with Crippen LogP contribution in [0.3, 0.4) is 0 Å². The number of pyridine rings is 1. The lowest BCUT2D eigenvalue weighted by atomic mass is 10.1. The number of hydrogen-bond donors (Lipinski definition) is 1. The summed E-state index contributed by atoms with van der Waals surface area (Å²) < 4.78 is 28.8. The van der Waals surface area contributed by atoms with E-state index in [1.807, 2.05) is 17.0 Å². The number of fused-ring (bicyclic) bond motifs is 1. The van der Waals surface area contributed by atoms with Gasteiger partial charge in [0.1, 0.15) is 4.90 Å². The lowest BCUT2D eigenvalue weighted by Gasteiger charge is -2.34. The molecule has 7 nitrogen and oxygen atoms in total. The summed E-state index contributed by atoms with van der Waals surface area (Å²) >= 11 is 0. The number of rotatable bonds is 8. The van der Waals surface area contributed by atoms with Gasteiger partial charge in [-0.3, -0.25) is 19.4 Å². The maximum absolute atomic E-state index is 13.1. The first-order chi connectivity index (χ1) is 19.9. The van der Waals surface area contributed by atoms with E-state index in [0.29, 0.717) is 29.9 Å². The molecular formula is C33H34N4O3S. The molecule has 4 aromatic rings. The molecule has 1 fully saturated rings. The van der Waals surface area contributed by atoms with Crippen molar-refractivity contribution in [1.82, 2.24) is 14.8 Å². The van der Waals surface area contributed by atoms with Gasteiger partial charge in [-0.05, 0) is 60.5 Å². The molecule has 8 heteroatoms. The Labute approximate surface area is 242 Å². The smallest absolute Gasteiger partial charge is 0.264 e. The maximum atomic E-state index is 13.1. The summed E-state index contributed by atoms with van der Waals surface area (Å²) in [6.07, 6.45) is 4.81. The van der Waals surface area contributed by atoms with Gasteiger partial charge in [0.05, 0.1) is 5.52 Å². The summed E-state index contributed by atoms with van der Waals surface area (Å²) in [4.78, 5) is 21.7. The zero-order valence-corrected chi connectivity index (χ0v) is 24.0. The Balaban J connectivity index is 1.14. The highest BCUT2D eigenvalue weighted by Crippen LogP contribution is 2.24. The summed E-state index contributed by atoms with van der Waals surface area (Å²) in [5, 5.41) is 0.748. The zero-order chi connectivity index (χ0) is 28.7. The number of sulfonamides is 1. The molecular weight excluding hydrogens is 532 g/mol. The van der Waals surface area contributed by atoms with E-state index in [1.54, 1.807) is 42.6 Å². The third-order valence-electron chi connectivity index (χ3n) is 7.18. The Bertz CT molecular complexity index is 1660. The van der Waals surface area contributed by atoms with Gasteiger partial charge in [0.15, 0.2) is 0 Å². The van der Waals surface area contributed by atoms with Gasteiger partial charge in [-0.2, -0.15) is 0 Å². The van der Waals surface area contributed by atoms with Gasteiger partial charge < -0.3 is 4.90 Å². The van der Waals surface area contributed by atoms with Crippen molar-refractivity contribution in [3.8, 4) is 11.8 Å². The van der Waals surface area contributed by atoms with Crippen LogP contribution < -0.4 is 4.72 Å². The molecule has 1 saturated heterocycles. The molecule has 5 rings (SSSR count). The first-order valence-electron chi connectivity index (χ1n) is 14.0. The molecule has 0 saturated carbocycles. The summed E-state index contributed by atoms with van der Waals surface area (Å²) in [6, 6.07) is 23.7. The minimum Gasteiger partial charge on any atom is -0.336 e. The third-order valence-corrected chi connectivity index (χ3v) is 8.59. The lowest BCUT2D eigenvalue weighted by molar-refractivity contribution is 0.0628. The Hall–Kier alpha value is -4.19. The fraction of sp³-hybridized carbons (Fsp3) is 0.273. The molecule has 1 aliphatic heterocycles. The zero-order valence-electron chi connectivity index (χ0n) is 23.2. The molecule has 210 valence electrons. The molecule has 1 aliphatic rings. The highest BCUT2D eigenvalue weighted by atomic mass is 32.2. The molecule has 0 radical (unpaired) electrons. The summed E-state index contributed by atoms with van der Waals surface area (Å²) in [5.74, 6) is 6.40. The van der Waals surface area contributed by atoms with Gasteiger partial charge in [0, 0.05) is 67.5 Å². The van der Waals surface area contributed by atoms with Crippen LogP contribution in [0.5, 0.6) is 0 Å². The molecule has 0 unspecified atom stereocenters. The molecule has 1 aromatic heterocycles. The van der Waals surface area contributed by atoms with Crippen LogP contribution in [0.25, 0.3) is 10.9 Å². The van der Waals surface area contributed by atoms with Crippen molar-refractivity contribution in [2.75, 3.05) is 30.9 Å². The molecule has 41 heavy (non-hydrogen) atoms. The highest BCUT2D eigenvalue weighted by Gasteiger charge is 2.23. The number of carbonyl (C=O) groups excluding carboxylic acids is 1. The number of amides is 1. The lowest BCUT2D eigenvalue weighted by Crippen LogP contribution is -2.48. The molecule has 0 atom stereocenters. The third kappa shape index (κ3) is 7.12. The fourth-order valence-electron chi connectivity index (χ4n) is 4.86. The monoisotopic (exact) mass is 566 g/mol. The van der Waals surface area contributed by atoms with Crippen LogP contribution >= 0.6 is 0 Å². The average molecular weight is 567 g/mol. The van der Waals surface area contributed by atoms with E-state index < -0.39 is 10.0 Å². The number of benzene rings is 3. The average Bonchev–Trinajstić information content (AvgIpc) is 3.00. The van der Waals surface area contributed by atoms with Gasteiger partial charge in [-0.25, -0.2) is 8.42 Å². The molecule has 1 N–H and O–H groups in total. The molecule has 2 heterocycles. The van der Waals surface area contributed by atoms with E-state index >= 15 is 0 Å². The van der Waals surface area contributed by atoms with Gasteiger partial charge in [-0.15, -0.1) is 0 Å². The van der Waals surface area contributed by atoms with Gasteiger partial charge in [-0.1, -0.05) is 55.5 Å². The van der Waals surface area contributed by atoms with E-state index in [1.165, 1.54) is 11.6 Å². The van der Waals surface area contributed by atoms with Gasteiger partial charge >= 0.3 is 0 Å². The molecule has 3 aromatic carbocycles. The number of nitrogens with one attached hydrogen (secondary N) is 1. The second-order valence-corrected chi connectivity index (χ2v) is 11.8. The Morgan fingerprint density at radius 3 is 2.39 bits per heavy atom. The number of para-hydroxylation sites is 1. The predicted molar refractivity (Wildman–Crippen MR) is 163 cm³/mol. The summed E-state index contributed by atoms with van der Waals surface area (Å²) in [5.41, 5.74) is 3.62. The predicted octanol–water partition coefficient (Wildman–Crippen LogP) is 5.54. The van der Waals surface area contributed by atoms with Crippen LogP contribution in [0.15, 0.2) is 90.0 Å². The van der Waals surface area contributed by atoms with E-state index in [-0.39, 0.29) is 10.8 Å². The molecule has 0 aliphatic carbocycles. The Kier molecular flexibility index (Phi) is 8.98. The normalized spacial score (nSPS) is 13.9. The van der Waals surface area contributed by atoms with Crippen LogP contribution in [0.1, 0.15) is 47.7 Å². The van der Waals surface area contributed by atoms with Crippen LogP contribution in [-0.2, 0) is 16.6 Å². The molecule has 0 bridgehead atoms. The van der Waals surface area contributed by atoms with E-state index in [0.717, 1.165) is 49.8 Å². The van der Waals surface area contributed by atoms with Crippen molar-refractivity contribution in [3.63, 3.8) is 0 Å². The van der Waals surface area contributed by atoms with Crippen molar-refractivity contribution in [2.24, 2.45) is 0 Å². The fourth-order valence-corrected chi connectivity index (χ4v) is 6.10. The first kappa shape index (κ1) is 28.3. The van der Waals surface area contributed by atoms with Gasteiger partial charge in [0.25, 0.3) is 15.9 Å². The largest absolute Gasteiger partial charge is 0.336 e. The van der Waals surface area contributed by atoms with Crippen molar-refractivity contribution >= 4 is 32.5 Å². The van der Waals surface area contributed by atoms with Crippen molar-refractivity contribution in [2.45, 2.75) is 37.6 Å². The number of nitrogens with zero attached hydrogens (tertiary/aromatic N) is 3. The van der Waals surface area contributed by atoms with Crippen LogP contribution in [-0.4, -0.2) is 55.3 Å². The van der Waals surface area contributed by atoms with Crippen molar-refractivity contribution in [3.05, 3.63) is 102 Å². The van der Waals surface area contributed by atoms with Crippen molar-refractivity contribution < 1.29 is 13.2 Å². The minimum absolute atomic E-state index is 0.0525. The number of aromatic nitrogens is 1. The van der Waals surface area contributed by atoms with E-state index in [4.69, 9.17) is 0 Å². The van der Waals surface area contributed by atoms with E-state index in [9.17, 15) is 13.2 Å². The minimum atomic E-state index is -3.85. The Morgan fingerprint density at radius 1 is 0.927 bits per heavy atom. The topological polar surface area (TPSA) is 82.6 Å². The number of hydrogen-bond acceptors (Lipinski definition) is 5. The number of piperazine rings is 1. The van der Waals surface area contributed by atoms with Crippen LogP contribution in [0, 0.1) is 11.8 Å². The maximum Gasteiger partial charge on any atom is 0.264 e. The molecule has 1 amide bonds. The number of unbranched alkanes of at least 4 members (excludes halogenated alkanes) is 2. The summed E-state index contributed by atoms with van der Waals surface area (Å²) in [6.45, 7) is 5.88. The highest BCUT2D eigenvalue weighted by molar-refractivity contribution is 7.93. The molecule has 0 spiro atoms. The standard InChI is InChI=1S/C33H34N4O3S/c1-2-3-4-5-8-26-12-14-27(15-13-26)25-36-21-23-37(24-22-36)33(38)29-16-18-30(19-17-29)35-41(39,40)31-11-6-9-28-10-7-20-34-32(28)31/h6-7,9-20,35H,2-4,21-25H2,1H3. The first-order valence-corrected chi connectivity index (χ1v) is 15.5. The van der Waals surface area contributed by atoms with E-state index in [2.05, 4.69) is 57.6 Å². The van der Waals surface area contributed by atoms with Gasteiger partial charge in [0.2, 0.25) is 0 Å². The quantitative estimate of drug-likeness (QED) is 0.224. The van der Waals surface area contributed by atoms with Crippen LogP contribution in [0.2, 0.25) is 0 Å². The Morgan fingerprint density at radius 2 is 1.66 bits per heavy atom. The summed E-state index contributed by atoms with van der Waals surface area (Å²) in [7, 11) is -3.85. The second kappa shape index (κ2) is 13.0. The second-order valence-electron chi connectivity index (χ2n) is 10.2. The number of carbonyl (C=O) groups is 1. The number of anilines is 1.